The monoisotopic (exact) mass is 261 g/mol. The van der Waals surface area contributed by atoms with E-state index in [-0.39, 0.29) is 0 Å². The van der Waals surface area contributed by atoms with E-state index in [0.29, 0.717) is 0 Å². The van der Waals surface area contributed by atoms with Gasteiger partial charge in [0.25, 0.3) is 0 Å². The average Bonchev–Trinajstić information content (AvgIpc) is 2.35. The first kappa shape index (κ1) is 13.1. The Kier molecular flexibility index (Phi) is 3.29. The van der Waals surface area contributed by atoms with Gasteiger partial charge in [-0.1, -0.05) is 6.07 Å². The van der Waals surface area contributed by atoms with Crippen LogP contribution in [0, 0.1) is 0 Å². The predicted octanol–water partition coefficient (Wildman–Crippen LogP) is 2.67. The molecule has 5 heteroatoms. The highest BCUT2D eigenvalue weighted by Crippen LogP contribution is 2.36. The van der Waals surface area contributed by atoms with Crippen molar-refractivity contribution in [3.05, 3.63) is 35.4 Å². The summed E-state index contributed by atoms with van der Waals surface area (Å²) in [5.74, 6) is -0.415. The number of methoxy groups -OCH3 is 1. The Hall–Kier alpha value is -2.30. The number of hydrogen-bond acceptors (Lipinski definition) is 4. The van der Waals surface area contributed by atoms with E-state index in [0.717, 1.165) is 16.8 Å². The number of anilines is 1. The van der Waals surface area contributed by atoms with E-state index in [1.54, 1.807) is 18.2 Å². The van der Waals surface area contributed by atoms with Gasteiger partial charge < -0.3 is 9.47 Å². The van der Waals surface area contributed by atoms with Crippen LogP contribution in [0.4, 0.5) is 10.5 Å². The summed E-state index contributed by atoms with van der Waals surface area (Å²) in [7, 11) is 1.33. The van der Waals surface area contributed by atoms with Crippen molar-refractivity contribution in [1.29, 1.82) is 0 Å². The molecular weight excluding hydrogens is 246 g/mol. The molecule has 0 aromatic heterocycles. The average molecular weight is 261 g/mol. The second-order valence-corrected chi connectivity index (χ2v) is 4.69. The molecule has 0 saturated heterocycles. The fourth-order valence-corrected chi connectivity index (χ4v) is 1.93. The lowest BCUT2D eigenvalue weighted by atomic mass is 9.93. The van der Waals surface area contributed by atoms with Gasteiger partial charge in [-0.05, 0) is 37.6 Å². The quantitative estimate of drug-likeness (QED) is 0.656. The van der Waals surface area contributed by atoms with Crippen LogP contribution in [0.3, 0.4) is 0 Å². The standard InChI is InChI=1S/C14H15NO4/c1-14(2)10-8-9(5-7-12(16)18-3)4-6-11(10)15-13(17)19-14/h4-8H,1-3H3,(H,15,17)/b7-5-. The molecule has 19 heavy (non-hydrogen) atoms. The maximum Gasteiger partial charge on any atom is 0.412 e. The summed E-state index contributed by atoms with van der Waals surface area (Å²) < 4.78 is 9.77. The van der Waals surface area contributed by atoms with Crippen molar-refractivity contribution in [1.82, 2.24) is 0 Å². The van der Waals surface area contributed by atoms with Crippen molar-refractivity contribution in [2.75, 3.05) is 12.4 Å². The van der Waals surface area contributed by atoms with E-state index in [9.17, 15) is 9.59 Å². The van der Waals surface area contributed by atoms with Crippen LogP contribution in [0.2, 0.25) is 0 Å². The van der Waals surface area contributed by atoms with Crippen LogP contribution in [-0.2, 0) is 19.9 Å². The Morgan fingerprint density at radius 3 is 2.84 bits per heavy atom. The van der Waals surface area contributed by atoms with Crippen molar-refractivity contribution in [2.24, 2.45) is 0 Å². The Labute approximate surface area is 111 Å². The van der Waals surface area contributed by atoms with Gasteiger partial charge in [0.2, 0.25) is 0 Å². The third-order valence-corrected chi connectivity index (χ3v) is 2.89. The molecule has 1 aliphatic rings. The van der Waals surface area contributed by atoms with E-state index in [1.807, 2.05) is 19.9 Å². The first-order valence-electron chi connectivity index (χ1n) is 5.83. The molecule has 1 heterocycles. The highest BCUT2D eigenvalue weighted by Gasteiger charge is 2.33. The molecule has 0 radical (unpaired) electrons. The van der Waals surface area contributed by atoms with Crippen molar-refractivity contribution in [3.8, 4) is 0 Å². The molecule has 0 spiro atoms. The molecule has 0 bridgehead atoms. The second-order valence-electron chi connectivity index (χ2n) is 4.69. The molecule has 1 amide bonds. The van der Waals surface area contributed by atoms with Gasteiger partial charge in [0.15, 0.2) is 0 Å². The molecule has 5 nitrogen and oxygen atoms in total. The van der Waals surface area contributed by atoms with Gasteiger partial charge in [-0.2, -0.15) is 0 Å². The molecular formula is C14H15NO4. The molecule has 1 aromatic carbocycles. The van der Waals surface area contributed by atoms with Crippen molar-refractivity contribution in [2.45, 2.75) is 19.4 Å². The van der Waals surface area contributed by atoms with Crippen LogP contribution in [0.25, 0.3) is 6.08 Å². The Morgan fingerprint density at radius 1 is 1.42 bits per heavy atom. The Balaban J connectivity index is 2.36. The minimum Gasteiger partial charge on any atom is -0.466 e. The van der Waals surface area contributed by atoms with Crippen LogP contribution < -0.4 is 5.32 Å². The van der Waals surface area contributed by atoms with Gasteiger partial charge in [-0.25, -0.2) is 9.59 Å². The number of nitrogens with one attached hydrogen (secondary N) is 1. The third-order valence-electron chi connectivity index (χ3n) is 2.89. The zero-order valence-electron chi connectivity index (χ0n) is 11.0. The number of ether oxygens (including phenoxy) is 2. The zero-order valence-corrected chi connectivity index (χ0v) is 11.0. The number of amides is 1. The number of carbonyl (C=O) groups excluding carboxylic acids is 2. The second kappa shape index (κ2) is 4.76. The molecule has 1 aliphatic heterocycles. The summed E-state index contributed by atoms with van der Waals surface area (Å²) >= 11 is 0. The van der Waals surface area contributed by atoms with Crippen LogP contribution in [0.1, 0.15) is 25.0 Å². The lowest BCUT2D eigenvalue weighted by molar-refractivity contribution is -0.134. The number of esters is 1. The highest BCUT2D eigenvalue weighted by atomic mass is 16.6. The highest BCUT2D eigenvalue weighted by molar-refractivity contribution is 5.90. The van der Waals surface area contributed by atoms with Crippen molar-refractivity contribution >= 4 is 23.8 Å². The van der Waals surface area contributed by atoms with Gasteiger partial charge in [-0.15, -0.1) is 0 Å². The number of carbonyl (C=O) groups is 2. The Bertz CT molecular complexity index is 561. The summed E-state index contributed by atoms with van der Waals surface area (Å²) in [6, 6.07) is 5.46. The lowest BCUT2D eigenvalue weighted by Crippen LogP contribution is -2.34. The van der Waals surface area contributed by atoms with E-state index >= 15 is 0 Å². The fraction of sp³-hybridized carbons (Fsp3) is 0.286. The SMILES string of the molecule is COC(=O)/C=C\c1ccc2c(c1)C(C)(C)OC(=O)N2. The molecule has 0 unspecified atom stereocenters. The zero-order chi connectivity index (χ0) is 14.0. The normalized spacial score (nSPS) is 16.5. The Morgan fingerprint density at radius 2 is 2.16 bits per heavy atom. The minimum atomic E-state index is -0.702. The van der Waals surface area contributed by atoms with E-state index in [2.05, 4.69) is 10.1 Å². The maximum atomic E-state index is 11.4. The smallest absolute Gasteiger partial charge is 0.412 e. The summed E-state index contributed by atoms with van der Waals surface area (Å²) in [5.41, 5.74) is 1.71. The number of rotatable bonds is 2. The van der Waals surface area contributed by atoms with E-state index in [4.69, 9.17) is 4.74 Å². The first-order valence-corrected chi connectivity index (χ1v) is 5.83. The fourth-order valence-electron chi connectivity index (χ4n) is 1.93. The predicted molar refractivity (Wildman–Crippen MR) is 70.6 cm³/mol. The molecule has 0 atom stereocenters. The van der Waals surface area contributed by atoms with Crippen molar-refractivity contribution < 1.29 is 19.1 Å². The molecule has 0 aliphatic carbocycles. The van der Waals surface area contributed by atoms with E-state index < -0.39 is 17.7 Å². The summed E-state index contributed by atoms with van der Waals surface area (Å²) in [6.07, 6.45) is 2.53. The summed E-state index contributed by atoms with van der Waals surface area (Å²) in [5, 5.41) is 2.64. The van der Waals surface area contributed by atoms with E-state index in [1.165, 1.54) is 13.2 Å². The minimum absolute atomic E-state index is 0.415. The summed E-state index contributed by atoms with van der Waals surface area (Å²) in [6.45, 7) is 3.64. The van der Waals surface area contributed by atoms with Gasteiger partial charge in [-0.3, -0.25) is 5.32 Å². The molecule has 0 saturated carbocycles. The first-order chi connectivity index (χ1) is 8.92. The molecule has 1 N–H and O–H groups in total. The number of benzene rings is 1. The van der Waals surface area contributed by atoms with Crippen LogP contribution in [-0.4, -0.2) is 19.2 Å². The number of fused-ring (bicyclic) bond motifs is 1. The third kappa shape index (κ3) is 2.76. The molecule has 100 valence electrons. The maximum absolute atomic E-state index is 11.4. The van der Waals surface area contributed by atoms with Crippen LogP contribution in [0.15, 0.2) is 24.3 Å². The van der Waals surface area contributed by atoms with Crippen LogP contribution >= 0.6 is 0 Å². The van der Waals surface area contributed by atoms with Gasteiger partial charge in [0, 0.05) is 11.6 Å². The number of hydrogen-bond donors (Lipinski definition) is 1. The van der Waals surface area contributed by atoms with Gasteiger partial charge >= 0.3 is 12.1 Å². The van der Waals surface area contributed by atoms with Gasteiger partial charge in [0.05, 0.1) is 12.8 Å². The molecule has 2 rings (SSSR count). The largest absolute Gasteiger partial charge is 0.466 e. The topological polar surface area (TPSA) is 64.6 Å². The van der Waals surface area contributed by atoms with Gasteiger partial charge in [0.1, 0.15) is 5.60 Å². The number of cyclic esters (lactones) is 1. The van der Waals surface area contributed by atoms with Crippen molar-refractivity contribution in [3.63, 3.8) is 0 Å². The molecule has 0 fully saturated rings. The molecule has 1 aromatic rings. The lowest BCUT2D eigenvalue weighted by Gasteiger charge is -2.32. The van der Waals surface area contributed by atoms with Crippen LogP contribution in [0.5, 0.6) is 0 Å². The summed E-state index contributed by atoms with van der Waals surface area (Å²) in [4.78, 5) is 22.4.